The van der Waals surface area contributed by atoms with Gasteiger partial charge in [0.1, 0.15) is 0 Å². The van der Waals surface area contributed by atoms with Crippen LogP contribution in [-0.4, -0.2) is 4.98 Å². The molecule has 17 heavy (non-hydrogen) atoms. The van der Waals surface area contributed by atoms with Crippen LogP contribution in [0.4, 0.5) is 5.13 Å². The molecule has 0 aliphatic rings. The predicted molar refractivity (Wildman–Crippen MR) is 77.2 cm³/mol. The first-order valence-electron chi connectivity index (χ1n) is 5.80. The molecule has 2 aromatic rings. The molecule has 0 amide bonds. The van der Waals surface area contributed by atoms with Crippen molar-refractivity contribution in [3.05, 3.63) is 22.2 Å². The number of thiazole rings is 1. The zero-order chi connectivity index (χ0) is 12.7. The monoisotopic (exact) mass is 268 g/mol. The highest BCUT2D eigenvalue weighted by atomic mass is 35.5. The second kappa shape index (κ2) is 4.46. The Bertz CT molecular complexity index is 558. The molecular weight excluding hydrogens is 252 g/mol. The summed E-state index contributed by atoms with van der Waals surface area (Å²) in [5.41, 5.74) is 9.35. The fourth-order valence-corrected chi connectivity index (χ4v) is 3.26. The lowest BCUT2D eigenvalue weighted by Crippen LogP contribution is -2.00. The van der Waals surface area contributed by atoms with E-state index >= 15 is 0 Å². The third-order valence-corrected chi connectivity index (χ3v) is 4.24. The van der Waals surface area contributed by atoms with Crippen molar-refractivity contribution in [2.45, 2.75) is 39.5 Å². The number of nitrogen functional groups attached to an aromatic ring is 1. The lowest BCUT2D eigenvalue weighted by molar-refractivity contribution is 0.796. The summed E-state index contributed by atoms with van der Waals surface area (Å²) in [6.07, 6.45) is 0. The van der Waals surface area contributed by atoms with Gasteiger partial charge in [0.05, 0.1) is 15.2 Å². The summed E-state index contributed by atoms with van der Waals surface area (Å²) in [6, 6.07) is 2.07. The molecule has 0 aliphatic heterocycles. The second-order valence-electron chi connectivity index (χ2n) is 4.90. The van der Waals surface area contributed by atoms with E-state index in [-0.39, 0.29) is 0 Å². The van der Waals surface area contributed by atoms with Gasteiger partial charge in [-0.25, -0.2) is 4.98 Å². The van der Waals surface area contributed by atoms with Gasteiger partial charge in [0.25, 0.3) is 0 Å². The fraction of sp³-hybridized carbons (Fsp3) is 0.462. The summed E-state index contributed by atoms with van der Waals surface area (Å²) in [4.78, 5) is 4.45. The SMILES string of the molecule is CC(C)c1cc(Cl)c2sc(N)nc2c1C(C)C. The first kappa shape index (κ1) is 12.7. The van der Waals surface area contributed by atoms with E-state index in [1.54, 1.807) is 0 Å². The molecule has 0 radical (unpaired) electrons. The van der Waals surface area contributed by atoms with Crippen LogP contribution < -0.4 is 5.73 Å². The average molecular weight is 269 g/mol. The second-order valence-corrected chi connectivity index (χ2v) is 6.34. The van der Waals surface area contributed by atoms with Crippen molar-refractivity contribution in [3.8, 4) is 0 Å². The molecule has 0 fully saturated rings. The van der Waals surface area contributed by atoms with Crippen LogP contribution in [0.25, 0.3) is 10.2 Å². The molecule has 0 aliphatic carbocycles. The summed E-state index contributed by atoms with van der Waals surface area (Å²) in [5.74, 6) is 0.867. The molecule has 1 heterocycles. The molecule has 2 nitrogen and oxygen atoms in total. The van der Waals surface area contributed by atoms with Gasteiger partial charge in [-0.2, -0.15) is 0 Å². The Labute approximate surface area is 111 Å². The van der Waals surface area contributed by atoms with Crippen LogP contribution >= 0.6 is 22.9 Å². The van der Waals surface area contributed by atoms with Crippen molar-refractivity contribution in [1.82, 2.24) is 4.98 Å². The van der Waals surface area contributed by atoms with Crippen molar-refractivity contribution < 1.29 is 0 Å². The number of benzene rings is 1. The highest BCUT2D eigenvalue weighted by molar-refractivity contribution is 7.22. The molecule has 1 aromatic carbocycles. The number of halogens is 1. The van der Waals surface area contributed by atoms with Gasteiger partial charge in [-0.15, -0.1) is 0 Å². The van der Waals surface area contributed by atoms with E-state index in [2.05, 4.69) is 38.7 Å². The Morgan fingerprint density at radius 2 is 1.88 bits per heavy atom. The van der Waals surface area contributed by atoms with E-state index in [0.717, 1.165) is 15.2 Å². The lowest BCUT2D eigenvalue weighted by atomic mass is 9.90. The number of hydrogen-bond acceptors (Lipinski definition) is 3. The van der Waals surface area contributed by atoms with Gasteiger partial charge in [0.15, 0.2) is 5.13 Å². The quantitative estimate of drug-likeness (QED) is 0.851. The third-order valence-electron chi connectivity index (χ3n) is 2.91. The zero-order valence-corrected chi connectivity index (χ0v) is 12.1. The number of aromatic nitrogens is 1. The summed E-state index contributed by atoms with van der Waals surface area (Å²) in [7, 11) is 0. The van der Waals surface area contributed by atoms with Gasteiger partial charge in [-0.1, -0.05) is 50.6 Å². The van der Waals surface area contributed by atoms with Crippen LogP contribution in [0.15, 0.2) is 6.07 Å². The fourth-order valence-electron chi connectivity index (χ4n) is 2.18. The Hall–Kier alpha value is -0.800. The van der Waals surface area contributed by atoms with Crippen LogP contribution in [-0.2, 0) is 0 Å². The minimum Gasteiger partial charge on any atom is -0.375 e. The van der Waals surface area contributed by atoms with E-state index < -0.39 is 0 Å². The van der Waals surface area contributed by atoms with Gasteiger partial charge in [0.2, 0.25) is 0 Å². The molecular formula is C13H17ClN2S. The average Bonchev–Trinajstić information content (AvgIpc) is 2.58. The normalized spacial score (nSPS) is 11.9. The number of anilines is 1. The molecule has 0 saturated carbocycles. The minimum atomic E-state index is 0.425. The molecule has 0 atom stereocenters. The number of hydrogen-bond donors (Lipinski definition) is 1. The smallest absolute Gasteiger partial charge is 0.181 e. The number of nitrogens with two attached hydrogens (primary N) is 1. The van der Waals surface area contributed by atoms with Gasteiger partial charge in [0, 0.05) is 0 Å². The van der Waals surface area contributed by atoms with Crippen LogP contribution in [0.1, 0.15) is 50.7 Å². The highest BCUT2D eigenvalue weighted by Crippen LogP contribution is 2.40. The van der Waals surface area contributed by atoms with Gasteiger partial charge in [-0.3, -0.25) is 0 Å². The maximum Gasteiger partial charge on any atom is 0.181 e. The largest absolute Gasteiger partial charge is 0.375 e. The summed E-state index contributed by atoms with van der Waals surface area (Å²) < 4.78 is 1.01. The Kier molecular flexibility index (Phi) is 3.32. The van der Waals surface area contributed by atoms with E-state index in [9.17, 15) is 0 Å². The first-order chi connectivity index (χ1) is 7.91. The molecule has 1 aromatic heterocycles. The maximum absolute atomic E-state index is 6.31. The third kappa shape index (κ3) is 2.14. The summed E-state index contributed by atoms with van der Waals surface area (Å²) in [6.45, 7) is 8.73. The predicted octanol–water partition coefficient (Wildman–Crippen LogP) is 4.78. The molecule has 0 saturated heterocycles. The van der Waals surface area contributed by atoms with Gasteiger partial charge in [-0.05, 0) is 29.0 Å². The molecule has 0 spiro atoms. The van der Waals surface area contributed by atoms with Gasteiger partial charge >= 0.3 is 0 Å². The van der Waals surface area contributed by atoms with Crippen molar-refractivity contribution in [2.24, 2.45) is 0 Å². The van der Waals surface area contributed by atoms with Crippen molar-refractivity contribution in [1.29, 1.82) is 0 Å². The van der Waals surface area contributed by atoms with Crippen LogP contribution in [0.3, 0.4) is 0 Å². The maximum atomic E-state index is 6.31. The van der Waals surface area contributed by atoms with Crippen LogP contribution in [0, 0.1) is 0 Å². The molecule has 2 N–H and O–H groups in total. The number of fused-ring (bicyclic) bond motifs is 1. The van der Waals surface area contributed by atoms with Crippen LogP contribution in [0.5, 0.6) is 0 Å². The molecule has 0 unspecified atom stereocenters. The van der Waals surface area contributed by atoms with E-state index in [1.165, 1.54) is 22.5 Å². The molecule has 2 rings (SSSR count). The molecule has 92 valence electrons. The van der Waals surface area contributed by atoms with Crippen molar-refractivity contribution >= 4 is 38.3 Å². The van der Waals surface area contributed by atoms with Crippen molar-refractivity contribution in [2.75, 3.05) is 5.73 Å². The van der Waals surface area contributed by atoms with E-state index in [0.29, 0.717) is 17.0 Å². The number of nitrogens with zero attached hydrogens (tertiary/aromatic N) is 1. The standard InChI is InChI=1S/C13H17ClN2S/c1-6(2)8-5-9(14)12-11(10(8)7(3)4)16-13(15)17-12/h5-7H,1-4H3,(H2,15,16). The highest BCUT2D eigenvalue weighted by Gasteiger charge is 2.19. The Morgan fingerprint density at radius 1 is 1.24 bits per heavy atom. The molecule has 0 bridgehead atoms. The number of rotatable bonds is 2. The molecule has 4 heteroatoms. The van der Waals surface area contributed by atoms with E-state index in [1.807, 2.05) is 0 Å². The zero-order valence-electron chi connectivity index (χ0n) is 10.5. The minimum absolute atomic E-state index is 0.425. The lowest BCUT2D eigenvalue weighted by Gasteiger charge is -2.17. The summed E-state index contributed by atoms with van der Waals surface area (Å²) in [5, 5.41) is 1.35. The van der Waals surface area contributed by atoms with Crippen LogP contribution in [0.2, 0.25) is 5.02 Å². The topological polar surface area (TPSA) is 38.9 Å². The van der Waals surface area contributed by atoms with Gasteiger partial charge < -0.3 is 5.73 Å². The Balaban J connectivity index is 2.87. The summed E-state index contributed by atoms with van der Waals surface area (Å²) >= 11 is 7.78. The van der Waals surface area contributed by atoms with Crippen molar-refractivity contribution in [3.63, 3.8) is 0 Å². The first-order valence-corrected chi connectivity index (χ1v) is 6.99. The Morgan fingerprint density at radius 3 is 2.41 bits per heavy atom. The van der Waals surface area contributed by atoms with E-state index in [4.69, 9.17) is 17.3 Å².